The number of esters is 1. The molecule has 0 spiro atoms. The molecule has 0 aromatic heterocycles. The fourth-order valence-electron chi connectivity index (χ4n) is 3.77. The maximum absolute atomic E-state index is 11.7. The summed E-state index contributed by atoms with van der Waals surface area (Å²) in [7, 11) is 1.48. The van der Waals surface area contributed by atoms with E-state index in [1.807, 2.05) is 0 Å². The first kappa shape index (κ1) is 14.6. The molecule has 0 bridgehead atoms. The Kier molecular flexibility index (Phi) is 4.59. The molecule has 3 nitrogen and oxygen atoms in total. The number of carbonyl (C=O) groups is 1. The lowest BCUT2D eigenvalue weighted by atomic mass is 10.1. The van der Waals surface area contributed by atoms with Crippen molar-refractivity contribution in [1.29, 1.82) is 0 Å². The van der Waals surface area contributed by atoms with E-state index in [9.17, 15) is 4.79 Å². The van der Waals surface area contributed by atoms with Crippen LogP contribution >= 0.6 is 0 Å². The molecule has 3 heteroatoms. The monoisotopic (exact) mass is 287 g/mol. The summed E-state index contributed by atoms with van der Waals surface area (Å²) in [5.74, 6) is -0.122. The highest BCUT2D eigenvalue weighted by molar-refractivity contribution is 5.71. The first-order chi connectivity index (χ1) is 10.3. The maximum Gasteiger partial charge on any atom is 0.319 e. The SMILES string of the molecule is COC(=O)CN(Cc1ccc2c(c1)CCC2)C1CCCC1. The van der Waals surface area contributed by atoms with Gasteiger partial charge in [0.05, 0.1) is 13.7 Å². The molecule has 1 aromatic rings. The minimum atomic E-state index is -0.122. The number of methoxy groups -OCH3 is 1. The van der Waals surface area contributed by atoms with E-state index < -0.39 is 0 Å². The van der Waals surface area contributed by atoms with Crippen molar-refractivity contribution >= 4 is 5.97 Å². The number of hydrogen-bond donors (Lipinski definition) is 0. The van der Waals surface area contributed by atoms with Crippen molar-refractivity contribution in [3.63, 3.8) is 0 Å². The van der Waals surface area contributed by atoms with E-state index in [1.165, 1.54) is 68.7 Å². The second-order valence-electron chi connectivity index (χ2n) is 6.38. The second-order valence-corrected chi connectivity index (χ2v) is 6.38. The van der Waals surface area contributed by atoms with Gasteiger partial charge in [0.25, 0.3) is 0 Å². The van der Waals surface area contributed by atoms with Gasteiger partial charge >= 0.3 is 5.97 Å². The third-order valence-electron chi connectivity index (χ3n) is 4.95. The molecule has 0 amide bonds. The summed E-state index contributed by atoms with van der Waals surface area (Å²) in [5, 5.41) is 0. The Hall–Kier alpha value is -1.35. The maximum atomic E-state index is 11.7. The summed E-state index contributed by atoms with van der Waals surface area (Å²) >= 11 is 0. The minimum absolute atomic E-state index is 0.122. The summed E-state index contributed by atoms with van der Waals surface area (Å²) in [6, 6.07) is 7.41. The molecular formula is C18H25NO2. The Bertz CT molecular complexity index is 506. The quantitative estimate of drug-likeness (QED) is 0.779. The standard InChI is InChI=1S/C18H25NO2/c1-21-18(20)13-19(17-7-2-3-8-17)12-14-9-10-15-5-4-6-16(15)11-14/h9-11,17H,2-8,12-13H2,1H3. The van der Waals surface area contributed by atoms with Gasteiger partial charge < -0.3 is 4.74 Å². The van der Waals surface area contributed by atoms with Gasteiger partial charge in [-0.05, 0) is 48.8 Å². The number of nitrogens with zero attached hydrogens (tertiary/aromatic N) is 1. The van der Waals surface area contributed by atoms with Crippen molar-refractivity contribution in [2.24, 2.45) is 0 Å². The van der Waals surface area contributed by atoms with E-state index in [-0.39, 0.29) is 5.97 Å². The summed E-state index contributed by atoms with van der Waals surface area (Å²) in [4.78, 5) is 14.0. The van der Waals surface area contributed by atoms with E-state index in [0.717, 1.165) is 6.54 Å². The van der Waals surface area contributed by atoms with Crippen LogP contribution in [0.2, 0.25) is 0 Å². The van der Waals surface area contributed by atoms with E-state index in [1.54, 1.807) is 0 Å². The van der Waals surface area contributed by atoms with Crippen LogP contribution in [0.15, 0.2) is 18.2 Å². The largest absolute Gasteiger partial charge is 0.468 e. The van der Waals surface area contributed by atoms with Gasteiger partial charge in [-0.1, -0.05) is 31.0 Å². The summed E-state index contributed by atoms with van der Waals surface area (Å²) < 4.78 is 4.87. The zero-order valence-electron chi connectivity index (χ0n) is 12.9. The smallest absolute Gasteiger partial charge is 0.319 e. The molecule has 0 atom stereocenters. The van der Waals surface area contributed by atoms with Crippen molar-refractivity contribution < 1.29 is 9.53 Å². The Morgan fingerprint density at radius 1 is 1.19 bits per heavy atom. The molecule has 0 heterocycles. The fourth-order valence-corrected chi connectivity index (χ4v) is 3.77. The van der Waals surface area contributed by atoms with Gasteiger partial charge in [-0.15, -0.1) is 0 Å². The third-order valence-corrected chi connectivity index (χ3v) is 4.95. The van der Waals surface area contributed by atoms with Gasteiger partial charge in [-0.2, -0.15) is 0 Å². The van der Waals surface area contributed by atoms with Crippen LogP contribution in [0.4, 0.5) is 0 Å². The van der Waals surface area contributed by atoms with Gasteiger partial charge in [0.15, 0.2) is 0 Å². The predicted octanol–water partition coefficient (Wildman–Crippen LogP) is 3.09. The lowest BCUT2D eigenvalue weighted by Crippen LogP contribution is -2.37. The fraction of sp³-hybridized carbons (Fsp3) is 0.611. The molecule has 0 unspecified atom stereocenters. The van der Waals surface area contributed by atoms with Gasteiger partial charge in [-0.25, -0.2) is 0 Å². The van der Waals surface area contributed by atoms with Crippen LogP contribution in [0.3, 0.4) is 0 Å². The number of carbonyl (C=O) groups excluding carboxylic acids is 1. The molecular weight excluding hydrogens is 262 g/mol. The highest BCUT2D eigenvalue weighted by Crippen LogP contribution is 2.27. The highest BCUT2D eigenvalue weighted by Gasteiger charge is 2.25. The summed E-state index contributed by atoms with van der Waals surface area (Å²) in [6.07, 6.45) is 8.71. The molecule has 1 saturated carbocycles. The molecule has 0 aliphatic heterocycles. The van der Waals surface area contributed by atoms with Crippen molar-refractivity contribution in [2.75, 3.05) is 13.7 Å². The third kappa shape index (κ3) is 3.46. The zero-order chi connectivity index (χ0) is 14.7. The second kappa shape index (κ2) is 6.61. The highest BCUT2D eigenvalue weighted by atomic mass is 16.5. The molecule has 2 aliphatic rings. The number of rotatable bonds is 5. The molecule has 21 heavy (non-hydrogen) atoms. The average molecular weight is 287 g/mol. The molecule has 0 radical (unpaired) electrons. The topological polar surface area (TPSA) is 29.5 Å². The number of ether oxygens (including phenoxy) is 1. The lowest BCUT2D eigenvalue weighted by molar-refractivity contribution is -0.142. The molecule has 0 N–H and O–H groups in total. The molecule has 1 aromatic carbocycles. The Morgan fingerprint density at radius 3 is 2.71 bits per heavy atom. The van der Waals surface area contributed by atoms with Crippen LogP contribution in [0.5, 0.6) is 0 Å². The van der Waals surface area contributed by atoms with E-state index in [0.29, 0.717) is 12.6 Å². The van der Waals surface area contributed by atoms with Crippen LogP contribution in [-0.2, 0) is 28.9 Å². The Labute approximate surface area is 127 Å². The first-order valence-electron chi connectivity index (χ1n) is 8.18. The zero-order valence-corrected chi connectivity index (χ0v) is 12.9. The van der Waals surface area contributed by atoms with E-state index in [2.05, 4.69) is 23.1 Å². The van der Waals surface area contributed by atoms with Crippen LogP contribution in [0.1, 0.15) is 48.8 Å². The number of benzene rings is 1. The number of aryl methyl sites for hydroxylation is 2. The first-order valence-corrected chi connectivity index (χ1v) is 8.18. The van der Waals surface area contributed by atoms with Gasteiger partial charge in [-0.3, -0.25) is 9.69 Å². The molecule has 0 saturated heterocycles. The lowest BCUT2D eigenvalue weighted by Gasteiger charge is -2.27. The van der Waals surface area contributed by atoms with E-state index in [4.69, 9.17) is 4.74 Å². The number of hydrogen-bond acceptors (Lipinski definition) is 3. The Balaban J connectivity index is 1.72. The van der Waals surface area contributed by atoms with Gasteiger partial charge in [0.2, 0.25) is 0 Å². The van der Waals surface area contributed by atoms with Crippen LogP contribution in [-0.4, -0.2) is 30.6 Å². The van der Waals surface area contributed by atoms with Crippen LogP contribution < -0.4 is 0 Å². The molecule has 3 rings (SSSR count). The predicted molar refractivity (Wildman–Crippen MR) is 83.1 cm³/mol. The van der Waals surface area contributed by atoms with Gasteiger partial charge in [0.1, 0.15) is 0 Å². The van der Waals surface area contributed by atoms with Crippen molar-refractivity contribution in [1.82, 2.24) is 4.90 Å². The van der Waals surface area contributed by atoms with Gasteiger partial charge in [0, 0.05) is 12.6 Å². The number of fused-ring (bicyclic) bond motifs is 1. The summed E-state index contributed by atoms with van der Waals surface area (Å²) in [6.45, 7) is 1.28. The minimum Gasteiger partial charge on any atom is -0.468 e. The van der Waals surface area contributed by atoms with Crippen molar-refractivity contribution in [3.8, 4) is 0 Å². The normalized spacial score (nSPS) is 18.2. The van der Waals surface area contributed by atoms with E-state index >= 15 is 0 Å². The van der Waals surface area contributed by atoms with Crippen LogP contribution in [0.25, 0.3) is 0 Å². The molecule has 1 fully saturated rings. The Morgan fingerprint density at radius 2 is 1.95 bits per heavy atom. The average Bonchev–Trinajstić information content (AvgIpc) is 3.17. The van der Waals surface area contributed by atoms with Crippen LogP contribution in [0, 0.1) is 0 Å². The van der Waals surface area contributed by atoms with Crippen molar-refractivity contribution in [3.05, 3.63) is 34.9 Å². The molecule has 2 aliphatic carbocycles. The molecule has 114 valence electrons. The summed E-state index contributed by atoms with van der Waals surface area (Å²) in [5.41, 5.74) is 4.36. The van der Waals surface area contributed by atoms with Crippen molar-refractivity contribution in [2.45, 2.75) is 57.5 Å².